The first-order valence-corrected chi connectivity index (χ1v) is 6.65. The number of aliphatic hydroxyl groups excluding tert-OH is 1. The van der Waals surface area contributed by atoms with E-state index in [1.165, 1.54) is 5.56 Å². The highest BCUT2D eigenvalue weighted by atomic mass is 16.3. The van der Waals surface area contributed by atoms with Gasteiger partial charge in [0, 0.05) is 0 Å². The molecular formula is C16H22O2. The Bertz CT molecular complexity index is 427. The largest absolute Gasteiger partial charge is 0.392 e. The lowest BCUT2D eigenvalue weighted by atomic mass is 9.77. The summed E-state index contributed by atoms with van der Waals surface area (Å²) in [7, 11) is 0. The molecule has 2 heteroatoms. The van der Waals surface area contributed by atoms with E-state index in [0.717, 1.165) is 31.1 Å². The Morgan fingerprint density at radius 1 is 1.28 bits per heavy atom. The van der Waals surface area contributed by atoms with Gasteiger partial charge in [-0.1, -0.05) is 45.0 Å². The third-order valence-electron chi connectivity index (χ3n) is 4.16. The summed E-state index contributed by atoms with van der Waals surface area (Å²) in [4.78, 5) is 11.5. The molecule has 0 unspecified atom stereocenters. The summed E-state index contributed by atoms with van der Waals surface area (Å²) < 4.78 is 0. The van der Waals surface area contributed by atoms with Gasteiger partial charge in [0.25, 0.3) is 0 Å². The van der Waals surface area contributed by atoms with Crippen LogP contribution in [-0.4, -0.2) is 17.5 Å². The Morgan fingerprint density at radius 2 is 1.89 bits per heavy atom. The maximum atomic E-state index is 11.5. The Hall–Kier alpha value is -1.15. The molecule has 0 aliphatic heterocycles. The average molecular weight is 246 g/mol. The smallest absolute Gasteiger partial charge is 0.133 e. The molecule has 2 nitrogen and oxygen atoms in total. The van der Waals surface area contributed by atoms with Crippen molar-refractivity contribution in [3.63, 3.8) is 0 Å². The zero-order chi connectivity index (χ0) is 13.4. The lowest BCUT2D eigenvalue weighted by molar-refractivity contribution is -0.115. The van der Waals surface area contributed by atoms with E-state index in [9.17, 15) is 9.90 Å². The van der Waals surface area contributed by atoms with Crippen LogP contribution in [0.2, 0.25) is 0 Å². The van der Waals surface area contributed by atoms with Gasteiger partial charge in [0.1, 0.15) is 6.29 Å². The molecule has 1 aliphatic carbocycles. The molecule has 1 aliphatic rings. The number of aliphatic hydroxyl groups is 1. The van der Waals surface area contributed by atoms with Crippen LogP contribution in [0.15, 0.2) is 24.3 Å². The lowest BCUT2D eigenvalue weighted by Gasteiger charge is -2.28. The number of rotatable bonds is 2. The summed E-state index contributed by atoms with van der Waals surface area (Å²) in [5.74, 6) is 0. The van der Waals surface area contributed by atoms with Crippen molar-refractivity contribution in [3.8, 4) is 0 Å². The molecule has 1 aromatic carbocycles. The van der Waals surface area contributed by atoms with Crippen LogP contribution in [0.3, 0.4) is 0 Å². The predicted octanol–water partition coefficient (Wildman–Crippen LogP) is 2.97. The molecule has 1 N–H and O–H groups in total. The molecule has 0 heterocycles. The molecule has 0 radical (unpaired) electrons. The number of carbonyl (C=O) groups excluding carboxylic acids is 1. The molecule has 1 aromatic rings. The van der Waals surface area contributed by atoms with E-state index in [0.29, 0.717) is 0 Å². The molecule has 0 spiro atoms. The van der Waals surface area contributed by atoms with Crippen molar-refractivity contribution in [2.45, 2.75) is 57.0 Å². The molecular weight excluding hydrogens is 224 g/mol. The summed E-state index contributed by atoms with van der Waals surface area (Å²) in [5.41, 5.74) is 1.65. The van der Waals surface area contributed by atoms with Gasteiger partial charge in [-0.2, -0.15) is 0 Å². The number of benzene rings is 1. The number of carbonyl (C=O) groups is 1. The third kappa shape index (κ3) is 2.10. The highest BCUT2D eigenvalue weighted by molar-refractivity contribution is 5.70. The predicted molar refractivity (Wildman–Crippen MR) is 72.7 cm³/mol. The first-order valence-electron chi connectivity index (χ1n) is 6.65. The van der Waals surface area contributed by atoms with E-state index in [1.54, 1.807) is 0 Å². The van der Waals surface area contributed by atoms with Gasteiger partial charge < -0.3 is 9.90 Å². The van der Waals surface area contributed by atoms with E-state index < -0.39 is 11.5 Å². The fraction of sp³-hybridized carbons (Fsp3) is 0.562. The third-order valence-corrected chi connectivity index (χ3v) is 4.16. The Kier molecular flexibility index (Phi) is 3.33. The molecule has 2 rings (SSSR count). The topological polar surface area (TPSA) is 37.3 Å². The van der Waals surface area contributed by atoms with Gasteiger partial charge >= 0.3 is 0 Å². The van der Waals surface area contributed by atoms with Crippen molar-refractivity contribution in [3.05, 3.63) is 35.4 Å². The second kappa shape index (κ2) is 4.51. The number of hydrogen-bond donors (Lipinski definition) is 1. The van der Waals surface area contributed by atoms with Gasteiger partial charge in [0.2, 0.25) is 0 Å². The second-order valence-electron chi connectivity index (χ2n) is 6.39. The van der Waals surface area contributed by atoms with Crippen LogP contribution in [-0.2, 0) is 15.6 Å². The van der Waals surface area contributed by atoms with Crippen molar-refractivity contribution >= 4 is 6.29 Å². The number of hydrogen-bond acceptors (Lipinski definition) is 2. The highest BCUT2D eigenvalue weighted by Crippen LogP contribution is 2.40. The molecule has 0 saturated heterocycles. The monoisotopic (exact) mass is 246 g/mol. The van der Waals surface area contributed by atoms with Gasteiger partial charge in [0.15, 0.2) is 0 Å². The van der Waals surface area contributed by atoms with Gasteiger partial charge in [-0.25, -0.2) is 0 Å². The summed E-state index contributed by atoms with van der Waals surface area (Å²) in [6, 6.07) is 8.16. The quantitative estimate of drug-likeness (QED) is 0.815. The summed E-state index contributed by atoms with van der Waals surface area (Å²) in [6.07, 6.45) is 2.81. The maximum absolute atomic E-state index is 11.5. The minimum atomic E-state index is -0.670. The van der Waals surface area contributed by atoms with Gasteiger partial charge in [-0.3, -0.25) is 0 Å². The first kappa shape index (κ1) is 13.3. The van der Waals surface area contributed by atoms with Crippen LogP contribution < -0.4 is 0 Å². The molecule has 1 saturated carbocycles. The Balaban J connectivity index is 2.37. The van der Waals surface area contributed by atoms with Crippen molar-refractivity contribution in [2.24, 2.45) is 0 Å². The minimum absolute atomic E-state index is 0.112. The molecule has 98 valence electrons. The summed E-state index contributed by atoms with van der Waals surface area (Å²) >= 11 is 0. The lowest BCUT2D eigenvalue weighted by Crippen LogP contribution is -2.36. The normalized spacial score (nSPS) is 28.3. The summed E-state index contributed by atoms with van der Waals surface area (Å²) in [5, 5.41) is 10.1. The van der Waals surface area contributed by atoms with E-state index in [-0.39, 0.29) is 5.41 Å². The van der Waals surface area contributed by atoms with Crippen molar-refractivity contribution in [2.75, 3.05) is 0 Å². The van der Waals surface area contributed by atoms with E-state index in [1.807, 2.05) is 12.1 Å². The zero-order valence-corrected chi connectivity index (χ0v) is 11.4. The first-order chi connectivity index (χ1) is 8.40. The van der Waals surface area contributed by atoms with Crippen molar-refractivity contribution in [1.82, 2.24) is 0 Å². The van der Waals surface area contributed by atoms with Crippen LogP contribution >= 0.6 is 0 Å². The van der Waals surface area contributed by atoms with Gasteiger partial charge in [-0.05, 0) is 35.8 Å². The maximum Gasteiger partial charge on any atom is 0.133 e. The van der Waals surface area contributed by atoms with E-state index >= 15 is 0 Å². The van der Waals surface area contributed by atoms with Crippen LogP contribution in [0.4, 0.5) is 0 Å². The SMILES string of the molecule is CC(C)(C)c1ccc([C@]2(C=O)CCC[C@@H]2O)cc1. The molecule has 2 atom stereocenters. The van der Waals surface area contributed by atoms with Crippen LogP contribution in [0.25, 0.3) is 0 Å². The van der Waals surface area contributed by atoms with Gasteiger partial charge in [-0.15, -0.1) is 0 Å². The van der Waals surface area contributed by atoms with E-state index in [2.05, 4.69) is 32.9 Å². The fourth-order valence-corrected chi connectivity index (χ4v) is 2.83. The molecule has 0 aromatic heterocycles. The number of aldehydes is 1. The van der Waals surface area contributed by atoms with Crippen molar-refractivity contribution < 1.29 is 9.90 Å². The Morgan fingerprint density at radius 3 is 2.28 bits per heavy atom. The standard InChI is InChI=1S/C16H22O2/c1-15(2,3)12-6-8-13(9-7-12)16(11-17)10-4-5-14(16)18/h6-9,11,14,18H,4-5,10H2,1-3H3/t14-,16+/m0/s1. The molecule has 18 heavy (non-hydrogen) atoms. The molecule has 1 fully saturated rings. The molecule has 0 bridgehead atoms. The zero-order valence-electron chi connectivity index (χ0n) is 11.4. The molecule has 0 amide bonds. The highest BCUT2D eigenvalue weighted by Gasteiger charge is 2.43. The van der Waals surface area contributed by atoms with Crippen LogP contribution in [0.1, 0.15) is 51.2 Å². The fourth-order valence-electron chi connectivity index (χ4n) is 2.83. The van der Waals surface area contributed by atoms with Crippen molar-refractivity contribution in [1.29, 1.82) is 0 Å². The summed E-state index contributed by atoms with van der Waals surface area (Å²) in [6.45, 7) is 6.51. The average Bonchev–Trinajstić information content (AvgIpc) is 2.71. The van der Waals surface area contributed by atoms with E-state index in [4.69, 9.17) is 0 Å². The van der Waals surface area contributed by atoms with Crippen LogP contribution in [0.5, 0.6) is 0 Å². The Labute approximate surface area is 109 Å². The van der Waals surface area contributed by atoms with Crippen LogP contribution in [0, 0.1) is 0 Å². The minimum Gasteiger partial charge on any atom is -0.392 e. The van der Waals surface area contributed by atoms with Gasteiger partial charge in [0.05, 0.1) is 11.5 Å². The second-order valence-corrected chi connectivity index (χ2v) is 6.39.